The van der Waals surface area contributed by atoms with E-state index in [9.17, 15) is 4.79 Å². The summed E-state index contributed by atoms with van der Waals surface area (Å²) in [5, 5.41) is 0. The molecule has 4 rings (SSSR count). The summed E-state index contributed by atoms with van der Waals surface area (Å²) < 4.78 is 11.2. The molecule has 1 N–H and O–H groups in total. The Morgan fingerprint density at radius 1 is 1.10 bits per heavy atom. The topological polar surface area (TPSA) is 40.0 Å². The molecule has 1 heterocycles. The maximum absolute atomic E-state index is 12.2. The second-order valence-corrected chi connectivity index (χ2v) is 7.22. The first-order chi connectivity index (χ1) is 9.81. The number of nitrogens with one attached hydrogen (secondary N) is 1. The van der Waals surface area contributed by atoms with Crippen LogP contribution in [-0.4, -0.2) is 44.9 Å². The fourth-order valence-corrected chi connectivity index (χ4v) is 5.39. The van der Waals surface area contributed by atoms with Gasteiger partial charge in [-0.05, 0) is 49.4 Å². The zero-order valence-corrected chi connectivity index (χ0v) is 12.2. The quantitative estimate of drug-likeness (QED) is 0.754. The molecule has 5 atom stereocenters. The minimum absolute atomic E-state index is 0.0222. The van der Waals surface area contributed by atoms with Crippen LogP contribution in [0.3, 0.4) is 0 Å². The van der Waals surface area contributed by atoms with Crippen molar-refractivity contribution in [1.82, 2.24) is 0 Å². The van der Waals surface area contributed by atoms with Crippen LogP contribution in [-0.2, 0) is 14.3 Å². The average Bonchev–Trinajstić information content (AvgIpc) is 3.11. The molecule has 0 spiro atoms. The van der Waals surface area contributed by atoms with Gasteiger partial charge in [0.25, 0.3) is 0 Å². The first kappa shape index (κ1) is 13.1. The molecule has 2 bridgehead atoms. The molecular weight excluding hydrogens is 254 g/mol. The normalized spacial score (nSPS) is 43.7. The molecule has 0 aromatic rings. The zero-order chi connectivity index (χ0) is 13.5. The Morgan fingerprint density at radius 3 is 2.75 bits per heavy atom. The molecule has 0 radical (unpaired) electrons. The number of fused-ring (bicyclic) bond motifs is 5. The molecule has 5 unspecified atom stereocenters. The minimum atomic E-state index is 0.0222. The maximum Gasteiger partial charge on any atom is 0.361 e. The molecule has 0 aromatic heterocycles. The Morgan fingerprint density at radius 2 is 1.90 bits per heavy atom. The van der Waals surface area contributed by atoms with Crippen molar-refractivity contribution in [3.05, 3.63) is 0 Å². The average molecular weight is 280 g/mol. The fraction of sp³-hybridized carbons (Fsp3) is 0.938. The third-order valence-corrected chi connectivity index (χ3v) is 6.24. The first-order valence-electron chi connectivity index (χ1n) is 8.42. The molecule has 0 aromatic carbocycles. The number of hydrogen-bond acceptors (Lipinski definition) is 3. The van der Waals surface area contributed by atoms with Crippen molar-refractivity contribution >= 4 is 5.97 Å². The number of carbonyl (C=O) groups excluding carboxylic acids is 1. The van der Waals surface area contributed by atoms with Gasteiger partial charge in [0.05, 0.1) is 13.2 Å². The van der Waals surface area contributed by atoms with E-state index in [1.165, 1.54) is 30.6 Å². The lowest BCUT2D eigenvalue weighted by atomic mass is 9.80. The molecule has 4 nitrogen and oxygen atoms in total. The van der Waals surface area contributed by atoms with Crippen LogP contribution in [0.15, 0.2) is 0 Å². The Hall–Kier alpha value is -0.610. The molecule has 4 heteroatoms. The Labute approximate surface area is 120 Å². The molecule has 0 amide bonds. The summed E-state index contributed by atoms with van der Waals surface area (Å²) in [7, 11) is 0. The third-order valence-electron chi connectivity index (χ3n) is 6.24. The number of morpholine rings is 1. The first-order valence-corrected chi connectivity index (χ1v) is 8.42. The Balaban J connectivity index is 1.30. The van der Waals surface area contributed by atoms with E-state index in [0.29, 0.717) is 12.5 Å². The van der Waals surface area contributed by atoms with E-state index in [2.05, 4.69) is 0 Å². The molecule has 1 saturated heterocycles. The lowest BCUT2D eigenvalue weighted by Crippen LogP contribution is -3.15. The molecular formula is C16H26NO3+. The lowest BCUT2D eigenvalue weighted by molar-refractivity contribution is -0.900. The highest BCUT2D eigenvalue weighted by molar-refractivity contribution is 5.70. The van der Waals surface area contributed by atoms with Crippen LogP contribution in [0.1, 0.15) is 32.1 Å². The monoisotopic (exact) mass is 280 g/mol. The van der Waals surface area contributed by atoms with Crippen molar-refractivity contribution in [2.24, 2.45) is 23.7 Å². The standard InChI is InChI=1S/C16H25NO3/c18-16(10-17-4-6-19-7-5-17)20-15-9-11-8-14(15)13-3-1-2-12(11)13/h11-15H,1-10H2/p+1. The van der Waals surface area contributed by atoms with Gasteiger partial charge < -0.3 is 14.4 Å². The minimum Gasteiger partial charge on any atom is -0.458 e. The fourth-order valence-electron chi connectivity index (χ4n) is 5.39. The summed E-state index contributed by atoms with van der Waals surface area (Å²) in [5.74, 6) is 3.42. The summed E-state index contributed by atoms with van der Waals surface area (Å²) in [5.41, 5.74) is 0. The van der Waals surface area contributed by atoms with Crippen LogP contribution < -0.4 is 4.90 Å². The van der Waals surface area contributed by atoms with Gasteiger partial charge in [-0.1, -0.05) is 6.42 Å². The van der Waals surface area contributed by atoms with E-state index < -0.39 is 0 Å². The molecule has 20 heavy (non-hydrogen) atoms. The number of quaternary nitrogens is 1. The maximum atomic E-state index is 12.2. The number of ether oxygens (including phenoxy) is 2. The van der Waals surface area contributed by atoms with Crippen LogP contribution in [0.4, 0.5) is 0 Å². The van der Waals surface area contributed by atoms with Crippen LogP contribution in [0.25, 0.3) is 0 Å². The predicted octanol–water partition coefficient (Wildman–Crippen LogP) is 0.269. The van der Waals surface area contributed by atoms with Gasteiger partial charge in [0.15, 0.2) is 6.54 Å². The van der Waals surface area contributed by atoms with Crippen molar-refractivity contribution in [1.29, 1.82) is 0 Å². The van der Waals surface area contributed by atoms with Crippen molar-refractivity contribution < 1.29 is 19.2 Å². The highest BCUT2D eigenvalue weighted by Gasteiger charge is 2.55. The summed E-state index contributed by atoms with van der Waals surface area (Å²) in [6, 6.07) is 0. The van der Waals surface area contributed by atoms with Crippen LogP contribution in [0, 0.1) is 23.7 Å². The van der Waals surface area contributed by atoms with Crippen LogP contribution in [0.2, 0.25) is 0 Å². The van der Waals surface area contributed by atoms with E-state index in [0.717, 1.165) is 50.5 Å². The van der Waals surface area contributed by atoms with Gasteiger partial charge >= 0.3 is 5.97 Å². The SMILES string of the molecule is O=C(C[NH+]1CCOCC1)OC1CC2CC1C1CCCC21. The Kier molecular flexibility index (Phi) is 3.47. The summed E-state index contributed by atoms with van der Waals surface area (Å²) in [6.45, 7) is 3.97. The third kappa shape index (κ3) is 2.27. The number of rotatable bonds is 3. The molecule has 3 saturated carbocycles. The summed E-state index contributed by atoms with van der Waals surface area (Å²) >= 11 is 0. The Bertz CT molecular complexity index is 380. The molecule has 4 fully saturated rings. The van der Waals surface area contributed by atoms with E-state index in [1.807, 2.05) is 0 Å². The van der Waals surface area contributed by atoms with E-state index in [4.69, 9.17) is 9.47 Å². The van der Waals surface area contributed by atoms with Crippen molar-refractivity contribution in [3.8, 4) is 0 Å². The molecule has 4 aliphatic rings. The summed E-state index contributed by atoms with van der Waals surface area (Å²) in [4.78, 5) is 13.5. The smallest absolute Gasteiger partial charge is 0.361 e. The molecule has 112 valence electrons. The van der Waals surface area contributed by atoms with Gasteiger partial charge in [-0.3, -0.25) is 0 Å². The van der Waals surface area contributed by atoms with Crippen molar-refractivity contribution in [2.45, 2.75) is 38.2 Å². The van der Waals surface area contributed by atoms with Crippen molar-refractivity contribution in [3.63, 3.8) is 0 Å². The largest absolute Gasteiger partial charge is 0.458 e. The zero-order valence-electron chi connectivity index (χ0n) is 12.2. The molecule has 3 aliphatic carbocycles. The predicted molar refractivity (Wildman–Crippen MR) is 73.3 cm³/mol. The van der Waals surface area contributed by atoms with Gasteiger partial charge in [-0.2, -0.15) is 0 Å². The van der Waals surface area contributed by atoms with E-state index in [-0.39, 0.29) is 12.1 Å². The van der Waals surface area contributed by atoms with Gasteiger partial charge in [0.2, 0.25) is 0 Å². The summed E-state index contributed by atoms with van der Waals surface area (Å²) in [6.07, 6.45) is 6.94. The van der Waals surface area contributed by atoms with E-state index in [1.54, 1.807) is 0 Å². The second-order valence-electron chi connectivity index (χ2n) is 7.22. The van der Waals surface area contributed by atoms with Gasteiger partial charge in [0.1, 0.15) is 19.2 Å². The van der Waals surface area contributed by atoms with Crippen molar-refractivity contribution in [2.75, 3.05) is 32.8 Å². The number of carbonyl (C=O) groups is 1. The van der Waals surface area contributed by atoms with Crippen LogP contribution >= 0.6 is 0 Å². The number of esters is 1. The van der Waals surface area contributed by atoms with Gasteiger partial charge in [0, 0.05) is 0 Å². The van der Waals surface area contributed by atoms with Gasteiger partial charge in [-0.15, -0.1) is 0 Å². The highest BCUT2D eigenvalue weighted by Crippen LogP contribution is 2.59. The molecule has 1 aliphatic heterocycles. The van der Waals surface area contributed by atoms with E-state index >= 15 is 0 Å². The van der Waals surface area contributed by atoms with Crippen LogP contribution in [0.5, 0.6) is 0 Å². The highest BCUT2D eigenvalue weighted by atomic mass is 16.5. The number of hydrogen-bond donors (Lipinski definition) is 1. The second kappa shape index (κ2) is 5.30. The lowest BCUT2D eigenvalue weighted by Gasteiger charge is -2.31. The van der Waals surface area contributed by atoms with Gasteiger partial charge in [-0.25, -0.2) is 4.79 Å².